The van der Waals surface area contributed by atoms with E-state index in [1.165, 1.54) is 36.6 Å². The quantitative estimate of drug-likeness (QED) is 0.273. The van der Waals surface area contributed by atoms with Crippen molar-refractivity contribution in [1.82, 2.24) is 9.55 Å². The van der Waals surface area contributed by atoms with E-state index in [0.717, 1.165) is 49.1 Å². The molecule has 4 aliphatic rings. The van der Waals surface area contributed by atoms with E-state index in [9.17, 15) is 9.59 Å². The van der Waals surface area contributed by atoms with Crippen LogP contribution in [0.1, 0.15) is 70.3 Å². The fourth-order valence-corrected chi connectivity index (χ4v) is 8.41. The smallest absolute Gasteiger partial charge is 0.266 e. The molecule has 5 heteroatoms. The lowest BCUT2D eigenvalue weighted by molar-refractivity contribution is -0.141. The lowest BCUT2D eigenvalue weighted by Gasteiger charge is -2.56. The molecule has 1 atom stereocenters. The molecule has 0 saturated heterocycles. The van der Waals surface area contributed by atoms with E-state index in [2.05, 4.69) is 26.0 Å². The lowest BCUT2D eigenvalue weighted by atomic mass is 9.48. The lowest BCUT2D eigenvalue weighted by Crippen LogP contribution is -2.50. The first-order valence-corrected chi connectivity index (χ1v) is 14.2. The third-order valence-corrected chi connectivity index (χ3v) is 9.98. The molecule has 0 spiro atoms. The number of carbonyl (C=O) groups excluding carboxylic acids is 1. The van der Waals surface area contributed by atoms with Gasteiger partial charge < -0.3 is 0 Å². The van der Waals surface area contributed by atoms with E-state index >= 15 is 0 Å². The Morgan fingerprint density at radius 2 is 1.66 bits per heavy atom. The Morgan fingerprint density at radius 3 is 2.29 bits per heavy atom. The molecule has 35 heavy (non-hydrogen) atoms. The van der Waals surface area contributed by atoms with Gasteiger partial charge in [-0.25, -0.2) is 4.98 Å². The number of thioether (sulfide) groups is 1. The predicted molar refractivity (Wildman–Crippen MR) is 142 cm³/mol. The Bertz CT molecular complexity index is 1290. The second-order valence-electron chi connectivity index (χ2n) is 11.4. The molecule has 0 N–H and O–H groups in total. The van der Waals surface area contributed by atoms with Crippen molar-refractivity contribution >= 4 is 28.4 Å². The summed E-state index contributed by atoms with van der Waals surface area (Å²) in [7, 11) is 0. The van der Waals surface area contributed by atoms with E-state index < -0.39 is 0 Å². The van der Waals surface area contributed by atoms with Crippen LogP contribution in [0.25, 0.3) is 16.6 Å². The van der Waals surface area contributed by atoms with Crippen molar-refractivity contribution in [2.24, 2.45) is 23.2 Å². The number of carbonyl (C=O) groups is 1. The van der Waals surface area contributed by atoms with Gasteiger partial charge in [0.05, 0.1) is 22.3 Å². The molecule has 4 fully saturated rings. The highest BCUT2D eigenvalue weighted by molar-refractivity contribution is 7.99. The number of Topliss-reactive ketones (excluding diaryl/α,β-unsaturated/α-hetero) is 1. The number of ketones is 1. The fraction of sp³-hybridized carbons (Fsp3) is 0.500. The first-order chi connectivity index (χ1) is 17.0. The van der Waals surface area contributed by atoms with Gasteiger partial charge in [0.15, 0.2) is 5.16 Å². The standard InChI is InChI=1S/C30H34N2O2S/c1-3-19(2)23-8-10-24(11-9-23)32-28(34)25-6-4-5-7-26(25)31-29(32)35-18-27(33)30-15-20-12-21(16-30)14-22(13-20)17-30/h4-11,19-22H,3,12-18H2,1-2H3. The Hall–Kier alpha value is -2.40. The molecule has 4 nitrogen and oxygen atoms in total. The van der Waals surface area contributed by atoms with Crippen molar-refractivity contribution in [2.45, 2.75) is 69.9 Å². The first kappa shape index (κ1) is 23.0. The second kappa shape index (κ2) is 8.92. The van der Waals surface area contributed by atoms with Gasteiger partial charge in [0, 0.05) is 5.41 Å². The molecule has 4 saturated carbocycles. The highest BCUT2D eigenvalue weighted by atomic mass is 32.2. The molecule has 3 aromatic rings. The summed E-state index contributed by atoms with van der Waals surface area (Å²) in [5.74, 6) is 3.48. The molecule has 4 bridgehead atoms. The summed E-state index contributed by atoms with van der Waals surface area (Å²) in [4.78, 5) is 32.2. The highest BCUT2D eigenvalue weighted by Gasteiger charge is 2.54. The molecule has 0 amide bonds. The fourth-order valence-electron chi connectivity index (χ4n) is 7.36. The highest BCUT2D eigenvalue weighted by Crippen LogP contribution is 2.60. The maximum atomic E-state index is 13.7. The average Bonchev–Trinajstić information content (AvgIpc) is 2.86. The summed E-state index contributed by atoms with van der Waals surface area (Å²) in [5.41, 5.74) is 2.57. The summed E-state index contributed by atoms with van der Waals surface area (Å²) < 4.78 is 1.71. The predicted octanol–water partition coefficient (Wildman–Crippen LogP) is 6.78. The number of aromatic nitrogens is 2. The van der Waals surface area contributed by atoms with Crippen LogP contribution in [-0.4, -0.2) is 21.1 Å². The van der Waals surface area contributed by atoms with E-state index in [1.807, 2.05) is 36.4 Å². The molecular weight excluding hydrogens is 452 g/mol. The number of benzene rings is 2. The molecule has 1 aromatic heterocycles. The van der Waals surface area contributed by atoms with Crippen LogP contribution in [0.15, 0.2) is 58.5 Å². The average molecular weight is 487 g/mol. The van der Waals surface area contributed by atoms with Crippen molar-refractivity contribution in [2.75, 3.05) is 5.75 Å². The summed E-state index contributed by atoms with van der Waals surface area (Å²) in [5, 5.41) is 1.22. The third-order valence-electron chi connectivity index (χ3n) is 9.04. The monoisotopic (exact) mass is 486 g/mol. The summed E-state index contributed by atoms with van der Waals surface area (Å²) in [6.45, 7) is 4.40. The van der Waals surface area contributed by atoms with Crippen molar-refractivity contribution in [1.29, 1.82) is 0 Å². The van der Waals surface area contributed by atoms with Crippen LogP contribution in [-0.2, 0) is 4.79 Å². The summed E-state index contributed by atoms with van der Waals surface area (Å²) >= 11 is 1.45. The van der Waals surface area contributed by atoms with E-state index in [1.54, 1.807) is 4.57 Å². The van der Waals surface area contributed by atoms with Gasteiger partial charge in [-0.2, -0.15) is 0 Å². The maximum absolute atomic E-state index is 13.7. The summed E-state index contributed by atoms with van der Waals surface area (Å²) in [6, 6.07) is 15.8. The number of fused-ring (bicyclic) bond motifs is 1. The van der Waals surface area contributed by atoms with E-state index in [0.29, 0.717) is 33.5 Å². The molecule has 0 radical (unpaired) electrons. The van der Waals surface area contributed by atoms with Crippen molar-refractivity contribution in [3.8, 4) is 5.69 Å². The van der Waals surface area contributed by atoms with Crippen LogP contribution < -0.4 is 5.56 Å². The van der Waals surface area contributed by atoms with Gasteiger partial charge in [0.2, 0.25) is 0 Å². The van der Waals surface area contributed by atoms with Gasteiger partial charge in [-0.3, -0.25) is 14.2 Å². The SMILES string of the molecule is CCC(C)c1ccc(-n2c(SCC(=O)C34CC5CC(CC(C5)C3)C4)nc3ccccc3c2=O)cc1. The molecule has 4 aliphatic carbocycles. The largest absolute Gasteiger partial charge is 0.298 e. The van der Waals surface area contributed by atoms with Crippen LogP contribution >= 0.6 is 11.8 Å². The second-order valence-corrected chi connectivity index (χ2v) is 12.3. The number of hydrogen-bond donors (Lipinski definition) is 0. The van der Waals surface area contributed by atoms with Gasteiger partial charge in [-0.05, 0) is 98.4 Å². The molecule has 2 aromatic carbocycles. The normalized spacial score (nSPS) is 27.9. The zero-order valence-corrected chi connectivity index (χ0v) is 21.5. The third kappa shape index (κ3) is 4.06. The van der Waals surface area contributed by atoms with E-state index in [-0.39, 0.29) is 11.0 Å². The minimum atomic E-state index is -0.123. The Labute approximate surface area is 211 Å². The molecular formula is C30H34N2O2S. The van der Waals surface area contributed by atoms with Gasteiger partial charge >= 0.3 is 0 Å². The molecule has 182 valence electrons. The van der Waals surface area contributed by atoms with Crippen molar-refractivity contribution < 1.29 is 4.79 Å². The number of rotatable bonds is 7. The van der Waals surface area contributed by atoms with Crippen molar-refractivity contribution in [3.05, 3.63) is 64.4 Å². The van der Waals surface area contributed by atoms with Crippen LogP contribution in [0, 0.1) is 23.2 Å². The molecule has 7 rings (SSSR count). The van der Waals surface area contributed by atoms with E-state index in [4.69, 9.17) is 4.98 Å². The zero-order chi connectivity index (χ0) is 24.2. The minimum absolute atomic E-state index is 0.0726. The number of hydrogen-bond acceptors (Lipinski definition) is 4. The molecule has 1 unspecified atom stereocenters. The van der Waals surface area contributed by atoms with Gasteiger partial charge in [0.25, 0.3) is 5.56 Å². The van der Waals surface area contributed by atoms with Gasteiger partial charge in [0.1, 0.15) is 5.78 Å². The number of para-hydroxylation sites is 1. The first-order valence-electron chi connectivity index (χ1n) is 13.2. The number of nitrogens with zero attached hydrogens (tertiary/aromatic N) is 2. The Balaban J connectivity index is 1.33. The van der Waals surface area contributed by atoms with Gasteiger partial charge in [-0.15, -0.1) is 0 Å². The van der Waals surface area contributed by atoms with Crippen LogP contribution in [0.2, 0.25) is 0 Å². The van der Waals surface area contributed by atoms with Crippen molar-refractivity contribution in [3.63, 3.8) is 0 Å². The van der Waals surface area contributed by atoms with Crippen LogP contribution in [0.3, 0.4) is 0 Å². The maximum Gasteiger partial charge on any atom is 0.266 e. The van der Waals surface area contributed by atoms with Crippen LogP contribution in [0.4, 0.5) is 0 Å². The minimum Gasteiger partial charge on any atom is -0.298 e. The molecule has 1 heterocycles. The molecule has 0 aliphatic heterocycles. The topological polar surface area (TPSA) is 52.0 Å². The Kier molecular flexibility index (Phi) is 5.87. The van der Waals surface area contributed by atoms with Gasteiger partial charge in [-0.1, -0.05) is 49.9 Å². The zero-order valence-electron chi connectivity index (χ0n) is 20.7. The van der Waals surface area contributed by atoms with Crippen LogP contribution in [0.5, 0.6) is 0 Å². The summed E-state index contributed by atoms with van der Waals surface area (Å²) in [6.07, 6.45) is 8.30. The Morgan fingerprint density at radius 1 is 1.03 bits per heavy atom.